The number of hydrogen-bond acceptors (Lipinski definition) is 5. The van der Waals surface area contributed by atoms with Crippen LogP contribution in [0.2, 0.25) is 0 Å². The molecule has 2 aromatic rings. The molecule has 1 saturated heterocycles. The molecule has 0 spiro atoms. The molecule has 142 valence electrons. The van der Waals surface area contributed by atoms with Gasteiger partial charge in [-0.15, -0.1) is 0 Å². The van der Waals surface area contributed by atoms with Gasteiger partial charge >= 0.3 is 5.97 Å². The Kier molecular flexibility index (Phi) is 4.90. The van der Waals surface area contributed by atoms with E-state index < -0.39 is 11.9 Å². The number of carbonyl (C=O) groups is 2. The molecule has 28 heavy (non-hydrogen) atoms. The SMILES string of the molecule is O=C(O)C1=NN(c2ccccc2)C(=O)C1=Cc1ccc(N2CCOCC2)cc1. The van der Waals surface area contributed by atoms with Crippen LogP contribution in [0.1, 0.15) is 5.56 Å². The number of anilines is 2. The third-order valence-corrected chi connectivity index (χ3v) is 4.66. The normalized spacial score (nSPS) is 18.5. The lowest BCUT2D eigenvalue weighted by atomic mass is 10.1. The topological polar surface area (TPSA) is 82.4 Å². The molecule has 1 amide bonds. The van der Waals surface area contributed by atoms with E-state index in [-0.39, 0.29) is 11.3 Å². The van der Waals surface area contributed by atoms with Gasteiger partial charge in [0.25, 0.3) is 5.91 Å². The predicted octanol–water partition coefficient (Wildman–Crippen LogP) is 2.39. The summed E-state index contributed by atoms with van der Waals surface area (Å²) in [6, 6.07) is 16.4. The van der Waals surface area contributed by atoms with E-state index >= 15 is 0 Å². The number of ether oxygens (including phenoxy) is 1. The molecule has 0 bridgehead atoms. The van der Waals surface area contributed by atoms with Crippen molar-refractivity contribution in [1.29, 1.82) is 0 Å². The third-order valence-electron chi connectivity index (χ3n) is 4.66. The molecule has 1 fully saturated rings. The summed E-state index contributed by atoms with van der Waals surface area (Å²) in [5.74, 6) is -1.69. The van der Waals surface area contributed by atoms with Crippen LogP contribution in [0.5, 0.6) is 0 Å². The van der Waals surface area contributed by atoms with E-state index in [0.717, 1.165) is 29.3 Å². The van der Waals surface area contributed by atoms with Gasteiger partial charge in [0.15, 0.2) is 5.71 Å². The molecule has 2 aliphatic heterocycles. The van der Waals surface area contributed by atoms with Gasteiger partial charge in [0.05, 0.1) is 24.5 Å². The molecule has 7 heteroatoms. The number of carbonyl (C=O) groups excluding carboxylic acids is 1. The van der Waals surface area contributed by atoms with Crippen LogP contribution in [0.4, 0.5) is 11.4 Å². The maximum absolute atomic E-state index is 12.8. The molecule has 2 heterocycles. The van der Waals surface area contributed by atoms with Crippen LogP contribution in [-0.2, 0) is 14.3 Å². The van der Waals surface area contributed by atoms with Crippen LogP contribution in [0.25, 0.3) is 6.08 Å². The standard InChI is InChI=1S/C21H19N3O4/c25-20-18(19(21(26)27)22-24(20)17-4-2-1-3-5-17)14-15-6-8-16(9-7-15)23-10-12-28-13-11-23/h1-9,14H,10-13H2,(H,26,27). The number of amides is 1. The van der Waals surface area contributed by atoms with Crippen molar-refractivity contribution in [3.05, 3.63) is 65.7 Å². The molecular weight excluding hydrogens is 358 g/mol. The number of aliphatic carboxylic acids is 1. The van der Waals surface area contributed by atoms with Crippen molar-refractivity contribution in [2.45, 2.75) is 0 Å². The van der Waals surface area contributed by atoms with E-state index in [2.05, 4.69) is 10.0 Å². The molecule has 0 aliphatic carbocycles. The Morgan fingerprint density at radius 1 is 1.00 bits per heavy atom. The van der Waals surface area contributed by atoms with Gasteiger partial charge in [0.1, 0.15) is 0 Å². The van der Waals surface area contributed by atoms with Gasteiger partial charge in [-0.05, 0) is 35.9 Å². The largest absolute Gasteiger partial charge is 0.476 e. The fourth-order valence-electron chi connectivity index (χ4n) is 3.22. The highest BCUT2D eigenvalue weighted by atomic mass is 16.5. The summed E-state index contributed by atoms with van der Waals surface area (Å²) in [5, 5.41) is 14.6. The maximum Gasteiger partial charge on any atom is 0.357 e. The zero-order valence-corrected chi connectivity index (χ0v) is 15.1. The first-order valence-electron chi connectivity index (χ1n) is 9.00. The number of carboxylic acid groups (broad SMARTS) is 1. The van der Waals surface area contributed by atoms with Gasteiger partial charge in [0.2, 0.25) is 0 Å². The lowest BCUT2D eigenvalue weighted by Crippen LogP contribution is -2.36. The van der Waals surface area contributed by atoms with Gasteiger partial charge in [-0.1, -0.05) is 30.3 Å². The van der Waals surface area contributed by atoms with E-state index in [4.69, 9.17) is 4.74 Å². The maximum atomic E-state index is 12.8. The monoisotopic (exact) mass is 377 g/mol. The zero-order valence-electron chi connectivity index (χ0n) is 15.1. The molecule has 0 aromatic heterocycles. The van der Waals surface area contributed by atoms with Gasteiger partial charge in [0, 0.05) is 18.8 Å². The minimum Gasteiger partial charge on any atom is -0.476 e. The molecule has 0 atom stereocenters. The molecule has 7 nitrogen and oxygen atoms in total. The Balaban J connectivity index is 1.61. The van der Waals surface area contributed by atoms with E-state index in [1.165, 1.54) is 0 Å². The highest BCUT2D eigenvalue weighted by Crippen LogP contribution is 2.26. The Hall–Kier alpha value is -3.45. The number of morpholine rings is 1. The summed E-state index contributed by atoms with van der Waals surface area (Å²) >= 11 is 0. The number of hydrazone groups is 1. The molecular formula is C21H19N3O4. The molecule has 0 saturated carbocycles. The average Bonchev–Trinajstić information content (AvgIpc) is 3.06. The minimum atomic E-state index is -1.23. The summed E-state index contributed by atoms with van der Waals surface area (Å²) in [7, 11) is 0. The number of para-hydroxylation sites is 1. The average molecular weight is 377 g/mol. The van der Waals surface area contributed by atoms with Crippen molar-refractivity contribution in [2.75, 3.05) is 36.2 Å². The van der Waals surface area contributed by atoms with Gasteiger partial charge in [-0.2, -0.15) is 10.1 Å². The molecule has 0 unspecified atom stereocenters. The van der Waals surface area contributed by atoms with Gasteiger partial charge in [-0.3, -0.25) is 4.79 Å². The van der Waals surface area contributed by atoms with Crippen LogP contribution in [0, 0.1) is 0 Å². The van der Waals surface area contributed by atoms with Crippen molar-refractivity contribution < 1.29 is 19.4 Å². The fraction of sp³-hybridized carbons (Fsp3) is 0.190. The van der Waals surface area contributed by atoms with Crippen molar-refractivity contribution in [3.63, 3.8) is 0 Å². The van der Waals surface area contributed by atoms with Gasteiger partial charge < -0.3 is 14.7 Å². The molecule has 2 aliphatic rings. The Bertz CT molecular complexity index is 945. The van der Waals surface area contributed by atoms with E-state index in [0.29, 0.717) is 18.9 Å². The van der Waals surface area contributed by atoms with E-state index in [1.54, 1.807) is 30.3 Å². The lowest BCUT2D eigenvalue weighted by Gasteiger charge is -2.28. The van der Waals surface area contributed by atoms with E-state index in [9.17, 15) is 14.7 Å². The molecule has 0 radical (unpaired) electrons. The molecule has 2 aromatic carbocycles. The predicted molar refractivity (Wildman–Crippen MR) is 106 cm³/mol. The summed E-state index contributed by atoms with van der Waals surface area (Å²) in [6.45, 7) is 3.07. The second-order valence-corrected chi connectivity index (χ2v) is 6.46. The second kappa shape index (κ2) is 7.66. The number of benzene rings is 2. The zero-order chi connectivity index (χ0) is 19.5. The highest BCUT2D eigenvalue weighted by Gasteiger charge is 2.35. The first kappa shape index (κ1) is 17.9. The van der Waals surface area contributed by atoms with Gasteiger partial charge in [-0.25, -0.2) is 4.79 Å². The lowest BCUT2D eigenvalue weighted by molar-refractivity contribution is -0.129. The first-order valence-corrected chi connectivity index (χ1v) is 9.00. The molecule has 1 N–H and O–H groups in total. The van der Waals surface area contributed by atoms with Crippen molar-refractivity contribution >= 4 is 35.0 Å². The summed E-state index contributed by atoms with van der Waals surface area (Å²) in [5.41, 5.74) is 2.14. The molecule has 4 rings (SSSR count). The number of hydrogen-bond donors (Lipinski definition) is 1. The Labute approximate surface area is 162 Å². The van der Waals surface area contributed by atoms with Crippen molar-refractivity contribution in [2.24, 2.45) is 5.10 Å². The highest BCUT2D eigenvalue weighted by molar-refractivity contribution is 6.53. The van der Waals surface area contributed by atoms with Crippen LogP contribution >= 0.6 is 0 Å². The summed E-state index contributed by atoms with van der Waals surface area (Å²) in [4.78, 5) is 26.6. The van der Waals surface area contributed by atoms with Crippen molar-refractivity contribution in [1.82, 2.24) is 0 Å². The first-order chi connectivity index (χ1) is 13.6. The van der Waals surface area contributed by atoms with E-state index in [1.807, 2.05) is 30.3 Å². The van der Waals surface area contributed by atoms with Crippen LogP contribution in [-0.4, -0.2) is 49.0 Å². The second-order valence-electron chi connectivity index (χ2n) is 6.46. The minimum absolute atomic E-state index is 0.0653. The third kappa shape index (κ3) is 3.52. The number of rotatable bonds is 4. The number of nitrogens with zero attached hydrogens (tertiary/aromatic N) is 3. The van der Waals surface area contributed by atoms with Crippen molar-refractivity contribution in [3.8, 4) is 0 Å². The summed E-state index contributed by atoms with van der Waals surface area (Å²) in [6.07, 6.45) is 1.57. The van der Waals surface area contributed by atoms with Crippen LogP contribution < -0.4 is 9.91 Å². The smallest absolute Gasteiger partial charge is 0.357 e. The summed E-state index contributed by atoms with van der Waals surface area (Å²) < 4.78 is 5.36. The Morgan fingerprint density at radius 3 is 2.32 bits per heavy atom. The van der Waals surface area contributed by atoms with Crippen LogP contribution in [0.3, 0.4) is 0 Å². The number of carboxylic acids is 1. The van der Waals surface area contributed by atoms with Crippen LogP contribution in [0.15, 0.2) is 65.3 Å². The quantitative estimate of drug-likeness (QED) is 0.828. The Morgan fingerprint density at radius 2 is 1.68 bits per heavy atom. The fourth-order valence-corrected chi connectivity index (χ4v) is 3.22.